The van der Waals surface area contributed by atoms with Crippen LogP contribution >= 0.6 is 11.3 Å². The molecule has 0 aromatic carbocycles. The molecule has 0 spiro atoms. The van der Waals surface area contributed by atoms with Crippen LogP contribution in [0.1, 0.15) is 5.69 Å². The van der Waals surface area contributed by atoms with Crippen LogP contribution in [0.5, 0.6) is 0 Å². The Labute approximate surface area is 63.7 Å². The Morgan fingerprint density at radius 1 is 1.62 bits per heavy atom. The van der Waals surface area contributed by atoms with Crippen molar-refractivity contribution in [3.63, 3.8) is 0 Å². The molecule has 46 valence electrons. The molecule has 1 aromatic rings. The maximum absolute atomic E-state index is 2.12. The van der Waals surface area contributed by atoms with Crippen molar-refractivity contribution in [2.45, 2.75) is 6.92 Å². The summed E-state index contributed by atoms with van der Waals surface area (Å²) in [5.74, 6) is 0. The summed E-state index contributed by atoms with van der Waals surface area (Å²) in [5, 5.41) is 2.12. The molecule has 0 unspecified atom stereocenters. The quantitative estimate of drug-likeness (QED) is 0.416. The minimum Gasteiger partial charge on any atom is -1.00 e. The minimum absolute atomic E-state index is 0. The van der Waals surface area contributed by atoms with E-state index in [0.717, 1.165) is 0 Å². The van der Waals surface area contributed by atoms with Crippen molar-refractivity contribution < 1.29 is 21.5 Å². The molecule has 1 heterocycles. The third kappa shape index (κ3) is 1.56. The topological polar surface area (TPSA) is 3.88 Å². The average Bonchev–Trinajstić information content (AvgIpc) is 1.91. The summed E-state index contributed by atoms with van der Waals surface area (Å²) in [5.41, 5.74) is 3.40. The molecule has 1 nitrogen and oxygen atoms in total. The molecule has 0 saturated heterocycles. The van der Waals surface area contributed by atoms with Crippen molar-refractivity contribution in [2.75, 3.05) is 0 Å². The van der Waals surface area contributed by atoms with E-state index in [1.54, 1.807) is 11.3 Å². The van der Waals surface area contributed by atoms with Gasteiger partial charge in [-0.2, -0.15) is 4.57 Å². The molecule has 0 atom stereocenters. The van der Waals surface area contributed by atoms with Crippen LogP contribution in [0.15, 0.2) is 10.9 Å². The van der Waals surface area contributed by atoms with Gasteiger partial charge in [0, 0.05) is 6.92 Å². The summed E-state index contributed by atoms with van der Waals surface area (Å²) >= 11 is 1.73. The zero-order chi connectivity index (χ0) is 5.28. The maximum atomic E-state index is 2.12. The molecule has 0 N–H and O–H groups in total. The van der Waals surface area contributed by atoms with Crippen LogP contribution < -0.4 is 21.5 Å². The van der Waals surface area contributed by atoms with Gasteiger partial charge in [-0.25, -0.2) is 0 Å². The monoisotopic (exact) mass is 193 g/mol. The first-order valence-corrected chi connectivity index (χ1v) is 3.13. The predicted molar refractivity (Wildman–Crippen MR) is 30.2 cm³/mol. The molecule has 3 heteroatoms. The highest BCUT2D eigenvalue weighted by atomic mass is 79.9. The first-order valence-electron chi connectivity index (χ1n) is 2.19. The van der Waals surface area contributed by atoms with Gasteiger partial charge in [0.05, 0.1) is 5.38 Å². The van der Waals surface area contributed by atoms with Crippen molar-refractivity contribution in [3.8, 4) is 0 Å². The number of aryl methyl sites for hydroxylation is 2. The van der Waals surface area contributed by atoms with Crippen LogP contribution in [-0.2, 0) is 7.05 Å². The highest BCUT2D eigenvalue weighted by Crippen LogP contribution is 1.93. The van der Waals surface area contributed by atoms with E-state index < -0.39 is 0 Å². The van der Waals surface area contributed by atoms with Gasteiger partial charge in [-0.05, 0) is 0 Å². The number of thiazole rings is 1. The van der Waals surface area contributed by atoms with E-state index >= 15 is 0 Å². The molecule has 0 aliphatic heterocycles. The lowest BCUT2D eigenvalue weighted by Crippen LogP contribution is -3.00. The van der Waals surface area contributed by atoms with Crippen LogP contribution in [0.25, 0.3) is 0 Å². The predicted octanol–water partition coefficient (Wildman–Crippen LogP) is -2.11. The van der Waals surface area contributed by atoms with Crippen molar-refractivity contribution in [1.29, 1.82) is 0 Å². The first-order chi connectivity index (χ1) is 3.30. The highest BCUT2D eigenvalue weighted by Gasteiger charge is 1.95. The van der Waals surface area contributed by atoms with Crippen molar-refractivity contribution >= 4 is 11.3 Å². The number of rotatable bonds is 0. The molecular weight excluding hydrogens is 186 g/mol. The fourth-order valence-corrected chi connectivity index (χ4v) is 1.16. The summed E-state index contributed by atoms with van der Waals surface area (Å²) in [4.78, 5) is 0. The average molecular weight is 194 g/mol. The first kappa shape index (κ1) is 8.11. The smallest absolute Gasteiger partial charge is 0.224 e. The van der Waals surface area contributed by atoms with Crippen molar-refractivity contribution in [2.24, 2.45) is 7.05 Å². The van der Waals surface area contributed by atoms with Gasteiger partial charge >= 0.3 is 0 Å². The summed E-state index contributed by atoms with van der Waals surface area (Å²) in [6.45, 7) is 2.09. The lowest BCUT2D eigenvalue weighted by molar-refractivity contribution is -0.672. The molecule has 0 radical (unpaired) electrons. The molecular formula is C5H8BrNS. The Bertz CT molecular complexity index is 145. The zero-order valence-electron chi connectivity index (χ0n) is 4.89. The molecule has 0 aliphatic rings. The van der Waals surface area contributed by atoms with Gasteiger partial charge in [0.25, 0.3) is 0 Å². The van der Waals surface area contributed by atoms with E-state index in [1.807, 2.05) is 7.05 Å². The third-order valence-corrected chi connectivity index (χ3v) is 1.93. The van der Waals surface area contributed by atoms with Crippen LogP contribution in [0.2, 0.25) is 0 Å². The molecule has 0 bridgehead atoms. The molecule has 0 amide bonds. The SMILES string of the molecule is Cc1csc[n+]1C.[Br-]. The maximum Gasteiger partial charge on any atom is 0.224 e. The summed E-state index contributed by atoms with van der Waals surface area (Å²) in [6.07, 6.45) is 0. The van der Waals surface area contributed by atoms with Gasteiger partial charge in [-0.1, -0.05) is 11.3 Å². The Balaban J connectivity index is 0.000000490. The fourth-order valence-electron chi connectivity index (χ4n) is 0.386. The van der Waals surface area contributed by atoms with Gasteiger partial charge in [0.1, 0.15) is 7.05 Å². The number of aromatic nitrogens is 1. The summed E-state index contributed by atoms with van der Waals surface area (Å²) in [6, 6.07) is 0. The highest BCUT2D eigenvalue weighted by molar-refractivity contribution is 7.07. The Hall–Kier alpha value is 0.110. The van der Waals surface area contributed by atoms with E-state index in [4.69, 9.17) is 0 Å². The third-order valence-electron chi connectivity index (χ3n) is 1.01. The van der Waals surface area contributed by atoms with Crippen LogP contribution in [0, 0.1) is 6.92 Å². The van der Waals surface area contributed by atoms with Crippen molar-refractivity contribution in [1.82, 2.24) is 0 Å². The number of hydrogen-bond donors (Lipinski definition) is 0. The number of halogens is 1. The Kier molecular flexibility index (Phi) is 3.24. The molecule has 0 saturated carbocycles. The van der Waals surface area contributed by atoms with Gasteiger partial charge in [0.2, 0.25) is 5.51 Å². The van der Waals surface area contributed by atoms with Gasteiger partial charge in [0.15, 0.2) is 5.69 Å². The molecule has 8 heavy (non-hydrogen) atoms. The lowest BCUT2D eigenvalue weighted by Gasteiger charge is -1.74. The molecule has 0 aliphatic carbocycles. The standard InChI is InChI=1S/C5H8NS.BrH/c1-5-3-7-4-6(5)2;/h3-4H,1-2H3;1H/q+1;/p-1. The van der Waals surface area contributed by atoms with Crippen LogP contribution in [0.3, 0.4) is 0 Å². The van der Waals surface area contributed by atoms with E-state index in [-0.39, 0.29) is 17.0 Å². The molecule has 1 rings (SSSR count). The zero-order valence-corrected chi connectivity index (χ0v) is 7.29. The van der Waals surface area contributed by atoms with E-state index in [1.165, 1.54) is 5.69 Å². The Morgan fingerprint density at radius 2 is 2.25 bits per heavy atom. The second kappa shape index (κ2) is 3.20. The van der Waals surface area contributed by atoms with Crippen LogP contribution in [0.4, 0.5) is 0 Å². The summed E-state index contributed by atoms with van der Waals surface area (Å²) < 4.78 is 2.10. The Morgan fingerprint density at radius 3 is 2.38 bits per heavy atom. The second-order valence-corrected chi connectivity index (χ2v) is 2.33. The van der Waals surface area contributed by atoms with E-state index in [9.17, 15) is 0 Å². The normalized spacial score (nSPS) is 8.25. The minimum atomic E-state index is 0. The van der Waals surface area contributed by atoms with Crippen molar-refractivity contribution in [3.05, 3.63) is 16.6 Å². The van der Waals surface area contributed by atoms with Gasteiger partial charge < -0.3 is 17.0 Å². The summed E-state index contributed by atoms with van der Waals surface area (Å²) in [7, 11) is 2.05. The number of nitrogens with zero attached hydrogens (tertiary/aromatic N) is 1. The van der Waals surface area contributed by atoms with E-state index in [0.29, 0.717) is 0 Å². The molecule has 0 fully saturated rings. The second-order valence-electron chi connectivity index (χ2n) is 1.61. The van der Waals surface area contributed by atoms with Gasteiger partial charge in [-0.3, -0.25) is 0 Å². The largest absolute Gasteiger partial charge is 1.00 e. The van der Waals surface area contributed by atoms with Gasteiger partial charge in [-0.15, -0.1) is 0 Å². The van der Waals surface area contributed by atoms with E-state index in [2.05, 4.69) is 22.4 Å². The fraction of sp³-hybridized carbons (Fsp3) is 0.400. The molecule has 1 aromatic heterocycles. The van der Waals surface area contributed by atoms with Crippen LogP contribution in [-0.4, -0.2) is 0 Å². The lowest BCUT2D eigenvalue weighted by atomic mass is 10.6. The number of hydrogen-bond acceptors (Lipinski definition) is 1.